The minimum atomic E-state index is 0.242. The Balaban J connectivity index is 1.54. The molecule has 1 aromatic rings. The van der Waals surface area contributed by atoms with Crippen molar-refractivity contribution in [3.05, 3.63) is 99.1 Å². The summed E-state index contributed by atoms with van der Waals surface area (Å²) in [5.41, 5.74) is 4.62. The van der Waals surface area contributed by atoms with Gasteiger partial charge in [0.25, 0.3) is 11.4 Å². The van der Waals surface area contributed by atoms with Crippen LogP contribution in [-0.2, 0) is 0 Å². The average Bonchev–Trinajstić information content (AvgIpc) is 2.78. The summed E-state index contributed by atoms with van der Waals surface area (Å²) >= 11 is 0. The molecule has 2 aliphatic heterocycles. The lowest BCUT2D eigenvalue weighted by Crippen LogP contribution is -2.55. The molecule has 3 aliphatic carbocycles. The van der Waals surface area contributed by atoms with E-state index in [0.29, 0.717) is 28.9 Å². The van der Waals surface area contributed by atoms with E-state index in [1.165, 1.54) is 12.0 Å². The van der Waals surface area contributed by atoms with E-state index < -0.39 is 0 Å². The average molecular weight is 415 g/mol. The van der Waals surface area contributed by atoms with Crippen molar-refractivity contribution in [2.75, 3.05) is 0 Å². The van der Waals surface area contributed by atoms with E-state index in [2.05, 4.69) is 26.8 Å². The first kappa shape index (κ1) is 20.2. The highest BCUT2D eigenvalue weighted by molar-refractivity contribution is 5.63. The van der Waals surface area contributed by atoms with Crippen molar-refractivity contribution in [1.82, 2.24) is 5.06 Å². The number of hydroxylamine groups is 2. The SMILES string of the molecule is CCCC[C@H]1C2=C(C=CC(=C3C=CC=C(c4ccccc4)[N+]3=O)N2[O-])[C@H]2C[C@@H]1C2(C)C. The predicted octanol–water partition coefficient (Wildman–Crippen LogP) is 6.69. The zero-order chi connectivity index (χ0) is 21.8. The van der Waals surface area contributed by atoms with Gasteiger partial charge in [-0.25, -0.2) is 0 Å². The van der Waals surface area contributed by atoms with Gasteiger partial charge < -0.3 is 10.3 Å². The first-order chi connectivity index (χ1) is 14.9. The largest absolute Gasteiger partial charge is 0.754 e. The summed E-state index contributed by atoms with van der Waals surface area (Å²) in [6.07, 6.45) is 13.9. The lowest BCUT2D eigenvalue weighted by Gasteiger charge is -2.63. The number of nitroso groups, excluding NO2 is 1. The normalized spacial score (nSPS) is 30.8. The number of hydrogen-bond donors (Lipinski definition) is 0. The summed E-state index contributed by atoms with van der Waals surface area (Å²) in [4.78, 5) is 13.3. The Morgan fingerprint density at radius 2 is 1.94 bits per heavy atom. The molecular formula is C27H30N2O2. The van der Waals surface area contributed by atoms with Gasteiger partial charge in [-0.2, -0.15) is 0 Å². The number of unbranched alkanes of at least 4 members (excludes halogenated alkanes) is 1. The van der Waals surface area contributed by atoms with Gasteiger partial charge in [-0.05, 0) is 60.0 Å². The van der Waals surface area contributed by atoms with Crippen molar-refractivity contribution >= 4 is 5.70 Å². The van der Waals surface area contributed by atoms with Crippen LogP contribution in [0.3, 0.4) is 0 Å². The number of nitrogens with zero attached hydrogens (tertiary/aromatic N) is 2. The third-order valence-corrected chi connectivity index (χ3v) is 7.86. The zero-order valence-electron chi connectivity index (χ0n) is 18.5. The summed E-state index contributed by atoms with van der Waals surface area (Å²) in [5, 5.41) is 14.8. The van der Waals surface area contributed by atoms with E-state index >= 15 is 0 Å². The Morgan fingerprint density at radius 3 is 2.65 bits per heavy atom. The third kappa shape index (κ3) is 3.00. The van der Waals surface area contributed by atoms with E-state index in [9.17, 15) is 10.1 Å². The van der Waals surface area contributed by atoms with Crippen LogP contribution in [0.1, 0.15) is 52.0 Å². The monoisotopic (exact) mass is 414 g/mol. The van der Waals surface area contributed by atoms with Crippen molar-refractivity contribution in [3.8, 4) is 0 Å². The molecule has 6 rings (SSSR count). The molecule has 1 fully saturated rings. The Bertz CT molecular complexity index is 1070. The van der Waals surface area contributed by atoms with Gasteiger partial charge >= 0.3 is 0 Å². The molecule has 1 aromatic carbocycles. The first-order valence-corrected chi connectivity index (χ1v) is 11.5. The minimum absolute atomic E-state index is 0.242. The van der Waals surface area contributed by atoms with Crippen LogP contribution in [0, 0.1) is 33.3 Å². The summed E-state index contributed by atoms with van der Waals surface area (Å²) in [7, 11) is 0. The fourth-order valence-electron chi connectivity index (χ4n) is 6.05. The van der Waals surface area contributed by atoms with Crippen molar-refractivity contribution in [1.29, 1.82) is 0 Å². The quantitative estimate of drug-likeness (QED) is 0.515. The van der Waals surface area contributed by atoms with Gasteiger partial charge in [0.2, 0.25) is 0 Å². The molecule has 5 aliphatic rings. The smallest absolute Gasteiger partial charge is 0.286 e. The lowest BCUT2D eigenvalue weighted by molar-refractivity contribution is -0.394. The molecule has 0 radical (unpaired) electrons. The van der Waals surface area contributed by atoms with Crippen molar-refractivity contribution < 1.29 is 4.76 Å². The molecular weight excluding hydrogens is 384 g/mol. The summed E-state index contributed by atoms with van der Waals surface area (Å²) in [6.45, 7) is 6.91. The van der Waals surface area contributed by atoms with Gasteiger partial charge in [0.15, 0.2) is 0 Å². The minimum Gasteiger partial charge on any atom is -0.754 e. The van der Waals surface area contributed by atoms with E-state index in [1.807, 2.05) is 42.5 Å². The van der Waals surface area contributed by atoms with Crippen LogP contribution < -0.4 is 0 Å². The van der Waals surface area contributed by atoms with Crippen LogP contribution in [0.25, 0.3) is 5.70 Å². The predicted molar refractivity (Wildman–Crippen MR) is 124 cm³/mol. The number of allylic oxidation sites excluding steroid dienone is 7. The highest BCUT2D eigenvalue weighted by Gasteiger charge is 2.57. The topological polar surface area (TPSA) is 46.4 Å². The number of hydrogen-bond acceptors (Lipinski definition) is 3. The van der Waals surface area contributed by atoms with Gasteiger partial charge in [0.1, 0.15) is 5.70 Å². The maximum Gasteiger partial charge on any atom is 0.286 e. The fraction of sp³-hybridized carbons (Fsp3) is 0.407. The standard InChI is InChI=1S/C27H30N2O2/c1-4-5-12-19-21-17-22(27(21,2)3)20-15-16-25(29(31)26(19)20)24-14-9-13-23(28(24)30)18-10-7-6-8-11-18/h6-11,13-16,19,21-22H,4-5,12,17H2,1-3H3/t19-,21+,22-/m1/s1. The molecule has 0 saturated heterocycles. The molecule has 0 amide bonds. The number of benzene rings is 1. The first-order valence-electron chi connectivity index (χ1n) is 11.5. The fourth-order valence-corrected chi connectivity index (χ4v) is 6.05. The second kappa shape index (κ2) is 7.45. The summed E-state index contributed by atoms with van der Waals surface area (Å²) < 4.78 is 0.903. The Kier molecular flexibility index (Phi) is 4.86. The van der Waals surface area contributed by atoms with E-state index in [4.69, 9.17) is 0 Å². The van der Waals surface area contributed by atoms with Crippen LogP contribution >= 0.6 is 0 Å². The van der Waals surface area contributed by atoms with Crippen LogP contribution in [0.5, 0.6) is 0 Å². The molecule has 160 valence electrons. The van der Waals surface area contributed by atoms with Gasteiger partial charge in [-0.15, -0.1) is 0 Å². The maximum absolute atomic E-state index is 13.7. The Hall–Kier alpha value is -2.72. The van der Waals surface area contributed by atoms with Crippen LogP contribution in [0.15, 0.2) is 83.4 Å². The molecule has 0 spiro atoms. The Labute approximate surface area is 184 Å². The Morgan fingerprint density at radius 1 is 1.16 bits per heavy atom. The second-order valence-corrected chi connectivity index (χ2v) is 9.78. The summed E-state index contributed by atoms with van der Waals surface area (Å²) in [5.74, 6) is 1.25. The molecule has 4 nitrogen and oxygen atoms in total. The molecule has 2 bridgehead atoms. The van der Waals surface area contributed by atoms with Crippen LogP contribution in [0.4, 0.5) is 0 Å². The molecule has 4 heteroatoms. The van der Waals surface area contributed by atoms with Crippen molar-refractivity contribution in [3.63, 3.8) is 0 Å². The molecule has 2 heterocycles. The lowest BCUT2D eigenvalue weighted by atomic mass is 9.44. The van der Waals surface area contributed by atoms with Crippen molar-refractivity contribution in [2.24, 2.45) is 23.2 Å². The maximum atomic E-state index is 13.7. The van der Waals surface area contributed by atoms with E-state index in [0.717, 1.165) is 40.3 Å². The van der Waals surface area contributed by atoms with Gasteiger partial charge in [-0.3, -0.25) is 0 Å². The van der Waals surface area contributed by atoms with E-state index in [1.54, 1.807) is 12.2 Å². The molecule has 3 atom stereocenters. The molecule has 31 heavy (non-hydrogen) atoms. The second-order valence-electron chi connectivity index (χ2n) is 9.78. The highest BCUT2D eigenvalue weighted by Crippen LogP contribution is 2.65. The van der Waals surface area contributed by atoms with Crippen molar-refractivity contribution in [2.45, 2.75) is 46.5 Å². The van der Waals surface area contributed by atoms with Gasteiger partial charge in [-0.1, -0.05) is 57.9 Å². The van der Waals surface area contributed by atoms with Gasteiger partial charge in [0.05, 0.1) is 10.3 Å². The third-order valence-electron chi connectivity index (χ3n) is 7.86. The molecule has 0 unspecified atom stereocenters. The molecule has 0 aromatic heterocycles. The van der Waals surface area contributed by atoms with Crippen LogP contribution in [0.2, 0.25) is 0 Å². The molecule has 0 N–H and O–H groups in total. The zero-order valence-corrected chi connectivity index (χ0v) is 18.5. The van der Waals surface area contributed by atoms with E-state index in [-0.39, 0.29) is 11.3 Å². The highest BCUT2D eigenvalue weighted by atomic mass is 16.5. The van der Waals surface area contributed by atoms with Crippen LogP contribution in [-0.4, -0.2) is 9.82 Å². The van der Waals surface area contributed by atoms with Gasteiger partial charge in [0, 0.05) is 28.7 Å². The molecule has 1 saturated carbocycles. The number of rotatable bonds is 4. The summed E-state index contributed by atoms with van der Waals surface area (Å²) in [6, 6.07) is 9.60.